The third-order valence-electron chi connectivity index (χ3n) is 4.58. The van der Waals surface area contributed by atoms with Gasteiger partial charge in [0.2, 0.25) is 0 Å². The van der Waals surface area contributed by atoms with Gasteiger partial charge in [-0.1, -0.05) is 68.3 Å². The fraction of sp³-hybridized carbons (Fsp3) is 0.227. The van der Waals surface area contributed by atoms with Crippen LogP contribution in [-0.4, -0.2) is 30.2 Å². The summed E-state index contributed by atoms with van der Waals surface area (Å²) >= 11 is 6.51. The van der Waals surface area contributed by atoms with Crippen LogP contribution >= 0.6 is 11.6 Å². The number of aryl methyl sites for hydroxylation is 1. The molecule has 0 unspecified atom stereocenters. The average Bonchev–Trinajstić information content (AvgIpc) is 3.17. The Morgan fingerprint density at radius 3 is 2.34 bits per heavy atom. The minimum atomic E-state index is -0.211. The molecule has 0 aliphatic rings. The smallest absolute Gasteiger partial charge is 0.190 e. The summed E-state index contributed by atoms with van der Waals surface area (Å²) in [5, 5.41) is 13.0. The van der Waals surface area contributed by atoms with E-state index in [9.17, 15) is 0 Å². The molecule has 0 spiro atoms. The number of rotatable bonds is 3. The lowest BCUT2D eigenvalue weighted by molar-refractivity contribution is 0.546. The minimum absolute atomic E-state index is 0.211. The van der Waals surface area contributed by atoms with Crippen LogP contribution in [0.3, 0.4) is 0 Å². The van der Waals surface area contributed by atoms with E-state index in [0.717, 1.165) is 28.2 Å². The monoisotopic (exact) mass is 404 g/mol. The Bertz CT molecular complexity index is 1160. The van der Waals surface area contributed by atoms with Crippen molar-refractivity contribution in [1.82, 2.24) is 30.2 Å². The molecule has 2 aromatic carbocycles. The summed E-state index contributed by atoms with van der Waals surface area (Å²) < 4.78 is 1.69. The number of aromatic nitrogens is 6. The molecule has 7 heteroatoms. The van der Waals surface area contributed by atoms with Gasteiger partial charge in [-0.15, -0.1) is 5.10 Å². The zero-order valence-corrected chi connectivity index (χ0v) is 17.5. The van der Waals surface area contributed by atoms with Crippen LogP contribution in [0.2, 0.25) is 5.02 Å². The second-order valence-electron chi connectivity index (χ2n) is 7.94. The summed E-state index contributed by atoms with van der Waals surface area (Å²) in [5.74, 6) is 1.29. The molecule has 2 heterocycles. The Labute approximate surface area is 174 Å². The first kappa shape index (κ1) is 19.2. The molecule has 4 rings (SSSR count). The molecule has 0 bridgehead atoms. The Kier molecular flexibility index (Phi) is 4.88. The Morgan fingerprint density at radius 1 is 0.931 bits per heavy atom. The van der Waals surface area contributed by atoms with Crippen molar-refractivity contribution < 1.29 is 0 Å². The van der Waals surface area contributed by atoms with Gasteiger partial charge in [0.15, 0.2) is 5.82 Å². The number of nitrogens with zero attached hydrogens (tertiary/aromatic N) is 6. The summed E-state index contributed by atoms with van der Waals surface area (Å²) in [6.07, 6.45) is 1.78. The summed E-state index contributed by atoms with van der Waals surface area (Å²) in [4.78, 5) is 9.48. The molecular weight excluding hydrogens is 384 g/mol. The highest BCUT2D eigenvalue weighted by molar-refractivity contribution is 6.33. The largest absolute Gasteiger partial charge is 0.240 e. The van der Waals surface area contributed by atoms with E-state index in [1.54, 1.807) is 10.9 Å². The summed E-state index contributed by atoms with van der Waals surface area (Å²) in [6.45, 7) is 8.27. The van der Waals surface area contributed by atoms with Crippen molar-refractivity contribution in [3.05, 3.63) is 71.1 Å². The molecule has 0 aliphatic carbocycles. The van der Waals surface area contributed by atoms with Crippen molar-refractivity contribution in [2.45, 2.75) is 33.1 Å². The Hall–Kier alpha value is -3.12. The molecular formula is C22H21ClN6. The predicted molar refractivity (Wildman–Crippen MR) is 114 cm³/mol. The van der Waals surface area contributed by atoms with E-state index < -0.39 is 0 Å². The van der Waals surface area contributed by atoms with Crippen LogP contribution in [0.1, 0.15) is 32.2 Å². The van der Waals surface area contributed by atoms with E-state index in [-0.39, 0.29) is 5.41 Å². The van der Waals surface area contributed by atoms with Crippen LogP contribution in [0.25, 0.3) is 28.3 Å². The van der Waals surface area contributed by atoms with Crippen LogP contribution in [0, 0.1) is 6.92 Å². The zero-order valence-electron chi connectivity index (χ0n) is 16.8. The number of hydrogen-bond acceptors (Lipinski definition) is 5. The molecule has 0 fully saturated rings. The first-order valence-electron chi connectivity index (χ1n) is 9.33. The van der Waals surface area contributed by atoms with Gasteiger partial charge in [0.1, 0.15) is 5.82 Å². The van der Waals surface area contributed by atoms with Crippen molar-refractivity contribution in [2.24, 2.45) is 0 Å². The van der Waals surface area contributed by atoms with Crippen molar-refractivity contribution in [3.63, 3.8) is 0 Å². The maximum Gasteiger partial charge on any atom is 0.190 e. The Balaban J connectivity index is 1.95. The van der Waals surface area contributed by atoms with Gasteiger partial charge < -0.3 is 0 Å². The fourth-order valence-corrected chi connectivity index (χ4v) is 3.21. The van der Waals surface area contributed by atoms with Gasteiger partial charge in [-0.25, -0.2) is 9.97 Å². The van der Waals surface area contributed by atoms with Crippen molar-refractivity contribution in [3.8, 4) is 28.3 Å². The van der Waals surface area contributed by atoms with Gasteiger partial charge in [-0.05, 0) is 35.5 Å². The van der Waals surface area contributed by atoms with E-state index in [4.69, 9.17) is 16.6 Å². The van der Waals surface area contributed by atoms with Gasteiger partial charge >= 0.3 is 0 Å². The molecule has 146 valence electrons. The fourth-order valence-electron chi connectivity index (χ4n) is 2.98. The number of benzene rings is 2. The number of tetrazole rings is 1. The predicted octanol–water partition coefficient (Wildman–Crippen LogP) is 5.05. The Morgan fingerprint density at radius 2 is 1.66 bits per heavy atom. The SMILES string of the molecule is Cc1ccc(-n2nnnc2-c2cnc(C(C)(C)C)nc2-c2ccccc2Cl)cc1. The lowest BCUT2D eigenvalue weighted by Crippen LogP contribution is -2.17. The topological polar surface area (TPSA) is 69.4 Å². The number of halogens is 1. The van der Waals surface area contributed by atoms with Crippen LogP contribution in [0.4, 0.5) is 0 Å². The van der Waals surface area contributed by atoms with E-state index in [1.807, 2.05) is 55.5 Å². The van der Waals surface area contributed by atoms with Gasteiger partial charge in [0, 0.05) is 22.2 Å². The van der Waals surface area contributed by atoms with Crippen molar-refractivity contribution >= 4 is 11.6 Å². The standard InChI is InChI=1S/C22H21ClN6/c1-14-9-11-15(12-10-14)29-20(26-27-28-29)17-13-24-21(22(2,3)4)25-19(17)16-7-5-6-8-18(16)23/h5-13H,1-4H3. The highest BCUT2D eigenvalue weighted by Gasteiger charge is 2.24. The van der Waals surface area contributed by atoms with Crippen LogP contribution < -0.4 is 0 Å². The normalized spacial score (nSPS) is 11.6. The maximum absolute atomic E-state index is 6.51. The quantitative estimate of drug-likeness (QED) is 0.478. The molecule has 0 N–H and O–H groups in total. The first-order chi connectivity index (χ1) is 13.8. The second-order valence-corrected chi connectivity index (χ2v) is 8.34. The summed E-state index contributed by atoms with van der Waals surface area (Å²) in [5.41, 5.74) is 4.06. The molecule has 0 saturated carbocycles. The molecule has 6 nitrogen and oxygen atoms in total. The molecule has 0 radical (unpaired) electrons. The molecule has 0 aliphatic heterocycles. The van der Waals surface area contributed by atoms with Crippen molar-refractivity contribution in [1.29, 1.82) is 0 Å². The minimum Gasteiger partial charge on any atom is -0.240 e. The highest BCUT2D eigenvalue weighted by atomic mass is 35.5. The van der Waals surface area contributed by atoms with Gasteiger partial charge in [-0.3, -0.25) is 0 Å². The van der Waals surface area contributed by atoms with Crippen molar-refractivity contribution in [2.75, 3.05) is 0 Å². The lowest BCUT2D eigenvalue weighted by atomic mass is 9.95. The van der Waals surface area contributed by atoms with Gasteiger partial charge in [-0.2, -0.15) is 4.68 Å². The van der Waals surface area contributed by atoms with E-state index in [0.29, 0.717) is 16.5 Å². The first-order valence-corrected chi connectivity index (χ1v) is 9.70. The van der Waals surface area contributed by atoms with Crippen LogP contribution in [0.5, 0.6) is 0 Å². The lowest BCUT2D eigenvalue weighted by Gasteiger charge is -2.19. The maximum atomic E-state index is 6.51. The van der Waals surface area contributed by atoms with Gasteiger partial charge in [0.05, 0.1) is 16.9 Å². The third kappa shape index (κ3) is 3.76. The highest BCUT2D eigenvalue weighted by Crippen LogP contribution is 2.35. The number of hydrogen-bond donors (Lipinski definition) is 0. The third-order valence-corrected chi connectivity index (χ3v) is 4.91. The van der Waals surface area contributed by atoms with E-state index in [2.05, 4.69) is 41.3 Å². The van der Waals surface area contributed by atoms with Gasteiger partial charge in [0.25, 0.3) is 0 Å². The molecule has 0 atom stereocenters. The molecule has 29 heavy (non-hydrogen) atoms. The van der Waals surface area contributed by atoms with Crippen LogP contribution in [-0.2, 0) is 5.41 Å². The summed E-state index contributed by atoms with van der Waals surface area (Å²) in [7, 11) is 0. The van der Waals surface area contributed by atoms with Crippen LogP contribution in [0.15, 0.2) is 54.7 Å². The second kappa shape index (κ2) is 7.37. The van der Waals surface area contributed by atoms with E-state index in [1.165, 1.54) is 0 Å². The van der Waals surface area contributed by atoms with E-state index >= 15 is 0 Å². The summed E-state index contributed by atoms with van der Waals surface area (Å²) in [6, 6.07) is 15.6. The molecule has 0 amide bonds. The molecule has 4 aromatic rings. The average molecular weight is 405 g/mol. The zero-order chi connectivity index (χ0) is 20.6. The molecule has 0 saturated heterocycles. The molecule has 2 aromatic heterocycles.